The molecule has 0 aliphatic carbocycles. The van der Waals surface area contributed by atoms with Crippen molar-refractivity contribution in [1.29, 1.82) is 0 Å². The van der Waals surface area contributed by atoms with Crippen LogP contribution in [0, 0.1) is 0 Å². The molecule has 0 N–H and O–H groups in total. The Bertz CT molecular complexity index is 4.85. The molecule has 3 radical (unpaired) electrons. The molecule has 0 atom stereocenters. The summed E-state index contributed by atoms with van der Waals surface area (Å²) < 4.78 is 0. The molecule has 0 fully saturated rings. The summed E-state index contributed by atoms with van der Waals surface area (Å²) in [5.74, 6) is 0. The molecule has 0 heterocycles. The van der Waals surface area contributed by atoms with E-state index in [-0.39, 0.29) is 99.2 Å². The van der Waals surface area contributed by atoms with Crippen LogP contribution in [0.25, 0.3) is 0 Å². The molecule has 5 heavy (non-hydrogen) atoms. The van der Waals surface area contributed by atoms with E-state index in [1.165, 1.54) is 0 Å². The Labute approximate surface area is 97.5 Å². The molecule has 0 saturated heterocycles. The van der Waals surface area contributed by atoms with Crippen molar-refractivity contribution in [3.63, 3.8) is 0 Å². The molecule has 0 amide bonds. The maximum atomic E-state index is 0. The zero-order chi connectivity index (χ0) is 0. The molecule has 49 valence electrons. The monoisotopic (exact) mass is 431 g/mol. The van der Waals surface area contributed by atoms with Crippen LogP contribution in [0.5, 0.6) is 0 Å². The minimum atomic E-state index is 0. The first-order chi connectivity index (χ1) is 0. The van der Waals surface area contributed by atoms with E-state index >= 15 is 0 Å². The van der Waals surface area contributed by atoms with Crippen LogP contribution in [0.2, 0.25) is 0 Å². The van der Waals surface area contributed by atoms with E-state index in [9.17, 15) is 0 Å². The predicted molar refractivity (Wildman–Crippen MR) is 28.2 cm³/mol. The number of rotatable bonds is 0. The van der Waals surface area contributed by atoms with Crippen molar-refractivity contribution in [1.82, 2.24) is 0 Å². The molecule has 0 unspecified atom stereocenters. The number of hydrogen-bond donors (Lipinski definition) is 0. The summed E-state index contributed by atoms with van der Waals surface area (Å²) in [5, 5.41) is 0. The molecule has 5 heteroatoms. The molecule has 0 aliphatic heterocycles. The van der Waals surface area contributed by atoms with Gasteiger partial charge in [-0.15, -0.1) is 0 Å². The molecule has 0 aliphatic rings. The van der Waals surface area contributed by atoms with Crippen LogP contribution in [0.4, 0.5) is 0 Å². The van der Waals surface area contributed by atoms with Crippen LogP contribution in [0.1, 0.15) is 0 Å². The standard InChI is InChI=1S/3Co.2Sb.12H/q3*+2;2*-3;;;;;;;;;;;;. The molecular weight excluding hydrogens is 420 g/mol. The van der Waals surface area contributed by atoms with Crippen molar-refractivity contribution in [2.24, 2.45) is 0 Å². The van der Waals surface area contributed by atoms with Gasteiger partial charge in [-0.3, -0.25) is 0 Å². The summed E-state index contributed by atoms with van der Waals surface area (Å²) in [6.07, 6.45) is 0. The Hall–Kier alpha value is 3.16. The van der Waals surface area contributed by atoms with Crippen LogP contribution >= 0.6 is 0 Å². The molecule has 0 aromatic carbocycles. The van der Waals surface area contributed by atoms with Crippen LogP contribution in [-0.4, -0.2) is 48.9 Å². The summed E-state index contributed by atoms with van der Waals surface area (Å²) >= 11 is 0. The first-order valence-electron chi connectivity index (χ1n) is 0. The van der Waals surface area contributed by atoms with Crippen LogP contribution in [0.15, 0.2) is 0 Å². The third-order valence-corrected chi connectivity index (χ3v) is 0. The van der Waals surface area contributed by atoms with Crippen molar-refractivity contribution >= 4 is 48.9 Å². The number of hydrogen-bond acceptors (Lipinski definition) is 0. The Balaban J connectivity index is 0. The van der Waals surface area contributed by atoms with Crippen molar-refractivity contribution in [3.8, 4) is 0 Å². The van der Waals surface area contributed by atoms with Crippen LogP contribution in [-0.2, 0) is 50.3 Å². The Morgan fingerprint density at radius 2 is 0.400 bits per heavy atom. The summed E-state index contributed by atoms with van der Waals surface area (Å²) in [5.41, 5.74) is 0. The zero-order valence-electron chi connectivity index (χ0n) is 1.00. The Morgan fingerprint density at radius 3 is 0.400 bits per heavy atom. The Kier molecular flexibility index (Phi) is 228. The summed E-state index contributed by atoms with van der Waals surface area (Å²) in [7, 11) is 0. The van der Waals surface area contributed by atoms with Gasteiger partial charge in [0.05, 0.1) is 0 Å². The van der Waals surface area contributed by atoms with Gasteiger partial charge in [-0.05, 0) is 0 Å². The first-order valence-corrected chi connectivity index (χ1v) is 0. The maximum absolute atomic E-state index is 0. The average Bonchev–Trinajstić information content (AvgIpc) is 0. The summed E-state index contributed by atoms with van der Waals surface area (Å²) in [4.78, 5) is 0. The third-order valence-electron chi connectivity index (χ3n) is 0. The van der Waals surface area contributed by atoms with Gasteiger partial charge >= 0.3 is 99.2 Å². The molecule has 0 spiro atoms. The second-order valence-electron chi connectivity index (χ2n) is 0. The second kappa shape index (κ2) is 27.2. The van der Waals surface area contributed by atoms with E-state index in [1.54, 1.807) is 0 Å². The van der Waals surface area contributed by atoms with E-state index in [2.05, 4.69) is 0 Å². The average molecular weight is 432 g/mol. The van der Waals surface area contributed by atoms with E-state index < -0.39 is 0 Å². The topological polar surface area (TPSA) is 0 Å². The van der Waals surface area contributed by atoms with Crippen molar-refractivity contribution < 1.29 is 50.3 Å². The molecule has 0 aromatic heterocycles. The normalized spacial score (nSPS) is 0. The van der Waals surface area contributed by atoms with Crippen LogP contribution < -0.4 is 0 Å². The first kappa shape index (κ1) is 41.9. The fourth-order valence-corrected chi connectivity index (χ4v) is 0. The van der Waals surface area contributed by atoms with Gasteiger partial charge in [0.15, 0.2) is 0 Å². The van der Waals surface area contributed by atoms with Gasteiger partial charge in [-0.25, -0.2) is 0 Å². The molecule has 0 saturated carbocycles. The van der Waals surface area contributed by atoms with Crippen molar-refractivity contribution in [2.75, 3.05) is 0 Å². The third kappa shape index (κ3) is 19.1. The van der Waals surface area contributed by atoms with E-state index in [0.717, 1.165) is 0 Å². The SMILES string of the molecule is [Co+2].[Co+2].[Co+2].[SbH6-3].[SbH6-3]. The fourth-order valence-electron chi connectivity index (χ4n) is 0. The van der Waals surface area contributed by atoms with Gasteiger partial charge in [0.25, 0.3) is 0 Å². The van der Waals surface area contributed by atoms with Crippen molar-refractivity contribution in [2.45, 2.75) is 0 Å². The molecule has 0 bridgehead atoms. The minimum absolute atomic E-state index is 0. The summed E-state index contributed by atoms with van der Waals surface area (Å²) in [6, 6.07) is 0. The van der Waals surface area contributed by atoms with Crippen molar-refractivity contribution in [3.05, 3.63) is 0 Å². The van der Waals surface area contributed by atoms with Gasteiger partial charge < -0.3 is 0 Å². The molecule has 0 aromatic rings. The van der Waals surface area contributed by atoms with Gasteiger partial charge in [0.2, 0.25) is 0 Å². The zero-order valence-corrected chi connectivity index (χ0v) is 4.12. The van der Waals surface area contributed by atoms with Crippen LogP contribution in [0.3, 0.4) is 0 Å². The van der Waals surface area contributed by atoms with E-state index in [0.29, 0.717) is 0 Å². The molecule has 0 nitrogen and oxygen atoms in total. The van der Waals surface area contributed by atoms with E-state index in [1.807, 2.05) is 0 Å². The van der Waals surface area contributed by atoms with E-state index in [4.69, 9.17) is 0 Å². The molecule has 0 rings (SSSR count). The van der Waals surface area contributed by atoms with Gasteiger partial charge in [-0.2, -0.15) is 0 Å². The predicted octanol–water partition coefficient (Wildman–Crippen LogP) is -3.98. The molecular formula is H12Co3Sb2. The Morgan fingerprint density at radius 1 is 0.400 bits per heavy atom. The van der Waals surface area contributed by atoms with Gasteiger partial charge in [0, 0.05) is 0 Å². The van der Waals surface area contributed by atoms with Gasteiger partial charge in [0.1, 0.15) is 0 Å². The summed E-state index contributed by atoms with van der Waals surface area (Å²) in [6.45, 7) is 0. The quantitative estimate of drug-likeness (QED) is 0.343. The van der Waals surface area contributed by atoms with Gasteiger partial charge in [-0.1, -0.05) is 0 Å². The fraction of sp³-hybridized carbons (Fsp3) is 0. The second-order valence-corrected chi connectivity index (χ2v) is 0.